The molecular formula is C3H4F3N3O. The molecule has 1 N–H and O–H groups in total. The fraction of sp³-hybridized carbons (Fsp3) is 1.00. The maximum atomic E-state index is 11.3. The molecule has 4 nitrogen and oxygen atoms in total. The minimum Gasteiger partial charge on any atom is -0.384 e. The van der Waals surface area contributed by atoms with Crippen molar-refractivity contribution in [2.75, 3.05) is 6.54 Å². The average molecular weight is 155 g/mol. The summed E-state index contributed by atoms with van der Waals surface area (Å²) in [5.41, 5.74) is 7.56. The van der Waals surface area contributed by atoms with Crippen LogP contribution in [-0.4, -0.2) is 23.9 Å². The second-order valence-corrected chi connectivity index (χ2v) is 1.47. The number of aliphatic hydroxyl groups excluding tert-OH is 1. The highest BCUT2D eigenvalue weighted by molar-refractivity contribution is 4.67. The molecule has 0 unspecified atom stereocenters. The van der Waals surface area contributed by atoms with Crippen LogP contribution in [0.3, 0.4) is 0 Å². The highest BCUT2D eigenvalue weighted by Gasteiger charge is 2.37. The third-order valence-corrected chi connectivity index (χ3v) is 0.696. The van der Waals surface area contributed by atoms with Crippen LogP contribution in [0.4, 0.5) is 13.2 Å². The molecule has 0 amide bonds. The van der Waals surface area contributed by atoms with E-state index >= 15 is 0 Å². The largest absolute Gasteiger partial charge is 0.414 e. The van der Waals surface area contributed by atoms with Crippen LogP contribution < -0.4 is 0 Å². The number of rotatable bonds is 2. The molecule has 0 bridgehead atoms. The molecule has 0 saturated heterocycles. The van der Waals surface area contributed by atoms with Crippen molar-refractivity contribution < 1.29 is 18.3 Å². The van der Waals surface area contributed by atoms with Gasteiger partial charge in [-0.3, -0.25) is 0 Å². The van der Waals surface area contributed by atoms with Gasteiger partial charge < -0.3 is 5.11 Å². The minimum absolute atomic E-state index is 0.972. The molecule has 0 aromatic heterocycles. The summed E-state index contributed by atoms with van der Waals surface area (Å²) in [6.07, 6.45) is -7.25. The van der Waals surface area contributed by atoms with Crippen LogP contribution in [0.15, 0.2) is 5.11 Å². The summed E-state index contributed by atoms with van der Waals surface area (Å²) in [6.45, 7) is -0.972. The number of hydrogen-bond donors (Lipinski definition) is 1. The van der Waals surface area contributed by atoms with Gasteiger partial charge in [0.2, 0.25) is 0 Å². The number of nitrogens with zero attached hydrogens (tertiary/aromatic N) is 3. The van der Waals surface area contributed by atoms with Gasteiger partial charge in [0.25, 0.3) is 0 Å². The summed E-state index contributed by atoms with van der Waals surface area (Å²) in [7, 11) is 0. The molecule has 0 heterocycles. The molecule has 0 spiro atoms. The smallest absolute Gasteiger partial charge is 0.384 e. The fourth-order valence-electron chi connectivity index (χ4n) is 0.217. The molecule has 0 radical (unpaired) electrons. The second-order valence-electron chi connectivity index (χ2n) is 1.47. The van der Waals surface area contributed by atoms with Crippen molar-refractivity contribution in [2.45, 2.75) is 12.3 Å². The molecule has 0 aliphatic heterocycles. The van der Waals surface area contributed by atoms with Crippen LogP contribution in [0, 0.1) is 0 Å². The number of hydrogen-bond acceptors (Lipinski definition) is 2. The van der Waals surface area contributed by atoms with E-state index in [1.807, 2.05) is 0 Å². The lowest BCUT2D eigenvalue weighted by atomic mass is 10.3. The molecule has 0 saturated carbocycles. The van der Waals surface area contributed by atoms with Crippen molar-refractivity contribution >= 4 is 0 Å². The van der Waals surface area contributed by atoms with Crippen molar-refractivity contribution in [3.05, 3.63) is 10.4 Å². The Morgan fingerprint density at radius 1 is 1.60 bits per heavy atom. The van der Waals surface area contributed by atoms with E-state index in [1.54, 1.807) is 0 Å². The molecule has 7 heteroatoms. The monoisotopic (exact) mass is 155 g/mol. The normalized spacial score (nSPS) is 14.0. The fourth-order valence-corrected chi connectivity index (χ4v) is 0.217. The van der Waals surface area contributed by atoms with E-state index in [9.17, 15) is 13.2 Å². The standard InChI is InChI=1S/C3H4F3N3O/c4-3(5,6)2(10)1-8-9-7/h2,10H,1H2/t2-/m0/s1. The first-order valence-corrected chi connectivity index (χ1v) is 2.24. The van der Waals surface area contributed by atoms with Crippen LogP contribution in [0.2, 0.25) is 0 Å². The third kappa shape index (κ3) is 3.16. The molecule has 10 heavy (non-hydrogen) atoms. The first-order chi connectivity index (χ1) is 4.48. The summed E-state index contributed by atoms with van der Waals surface area (Å²) in [6, 6.07) is 0. The number of azide groups is 1. The van der Waals surface area contributed by atoms with Gasteiger partial charge >= 0.3 is 6.18 Å². The van der Waals surface area contributed by atoms with Gasteiger partial charge in [0.1, 0.15) is 0 Å². The maximum Gasteiger partial charge on any atom is 0.414 e. The summed E-state index contributed by atoms with van der Waals surface area (Å²) in [5, 5.41) is 10.7. The minimum atomic E-state index is -4.70. The Morgan fingerprint density at radius 2 is 2.10 bits per heavy atom. The Morgan fingerprint density at radius 3 is 2.40 bits per heavy atom. The molecule has 0 aliphatic rings. The molecular weight excluding hydrogens is 151 g/mol. The summed E-state index contributed by atoms with van der Waals surface area (Å²) >= 11 is 0. The molecule has 0 aromatic carbocycles. The summed E-state index contributed by atoms with van der Waals surface area (Å²) < 4.78 is 34.0. The lowest BCUT2D eigenvalue weighted by Gasteiger charge is -2.10. The van der Waals surface area contributed by atoms with E-state index in [0.717, 1.165) is 0 Å². The zero-order valence-electron chi connectivity index (χ0n) is 4.71. The number of halogens is 3. The van der Waals surface area contributed by atoms with Crippen LogP contribution in [0.5, 0.6) is 0 Å². The Labute approximate surface area is 53.9 Å². The average Bonchev–Trinajstić information content (AvgIpc) is 1.80. The van der Waals surface area contributed by atoms with Crippen molar-refractivity contribution in [2.24, 2.45) is 5.11 Å². The van der Waals surface area contributed by atoms with Gasteiger partial charge in [0, 0.05) is 4.91 Å². The zero-order valence-corrected chi connectivity index (χ0v) is 4.71. The Kier molecular flexibility index (Phi) is 2.98. The lowest BCUT2D eigenvalue weighted by molar-refractivity contribution is -0.199. The van der Waals surface area contributed by atoms with Gasteiger partial charge in [-0.05, 0) is 5.53 Å². The molecule has 0 aliphatic carbocycles. The van der Waals surface area contributed by atoms with Crippen molar-refractivity contribution in [3.63, 3.8) is 0 Å². The predicted octanol–water partition coefficient (Wildman–Crippen LogP) is 1.22. The first-order valence-electron chi connectivity index (χ1n) is 2.24. The van der Waals surface area contributed by atoms with Gasteiger partial charge in [-0.1, -0.05) is 5.11 Å². The van der Waals surface area contributed by atoms with E-state index < -0.39 is 18.8 Å². The molecule has 58 valence electrons. The van der Waals surface area contributed by atoms with Crippen LogP contribution >= 0.6 is 0 Å². The Bertz CT molecular complexity index is 150. The van der Waals surface area contributed by atoms with Gasteiger partial charge in [-0.25, -0.2) is 0 Å². The third-order valence-electron chi connectivity index (χ3n) is 0.696. The van der Waals surface area contributed by atoms with Crippen LogP contribution in [-0.2, 0) is 0 Å². The molecule has 0 aromatic rings. The summed E-state index contributed by atoms with van der Waals surface area (Å²) in [4.78, 5) is 2.05. The van der Waals surface area contributed by atoms with Gasteiger partial charge in [0.15, 0.2) is 6.10 Å². The molecule has 0 fully saturated rings. The SMILES string of the molecule is [N-]=[N+]=NC[C@H](O)C(F)(F)F. The Balaban J connectivity index is 3.84. The van der Waals surface area contributed by atoms with Crippen molar-refractivity contribution in [3.8, 4) is 0 Å². The maximum absolute atomic E-state index is 11.3. The van der Waals surface area contributed by atoms with Crippen molar-refractivity contribution in [1.82, 2.24) is 0 Å². The highest BCUT2D eigenvalue weighted by atomic mass is 19.4. The lowest BCUT2D eigenvalue weighted by Crippen LogP contribution is -2.30. The number of alkyl halides is 3. The Hall–Kier alpha value is -0.940. The number of aliphatic hydroxyl groups is 1. The zero-order chi connectivity index (χ0) is 8.20. The topological polar surface area (TPSA) is 69.0 Å². The molecule has 1 atom stereocenters. The summed E-state index contributed by atoms with van der Waals surface area (Å²) in [5.74, 6) is 0. The van der Waals surface area contributed by atoms with E-state index in [2.05, 4.69) is 10.0 Å². The van der Waals surface area contributed by atoms with E-state index in [4.69, 9.17) is 10.6 Å². The van der Waals surface area contributed by atoms with Gasteiger partial charge in [-0.2, -0.15) is 13.2 Å². The van der Waals surface area contributed by atoms with Crippen LogP contribution in [0.25, 0.3) is 10.4 Å². The van der Waals surface area contributed by atoms with Gasteiger partial charge in [0.05, 0.1) is 6.54 Å². The van der Waals surface area contributed by atoms with Gasteiger partial charge in [-0.15, -0.1) is 0 Å². The first kappa shape index (κ1) is 9.06. The van der Waals surface area contributed by atoms with Crippen molar-refractivity contribution in [1.29, 1.82) is 0 Å². The quantitative estimate of drug-likeness (QED) is 0.363. The predicted molar refractivity (Wildman–Crippen MR) is 26.1 cm³/mol. The van der Waals surface area contributed by atoms with E-state index in [0.29, 0.717) is 0 Å². The highest BCUT2D eigenvalue weighted by Crippen LogP contribution is 2.19. The van der Waals surface area contributed by atoms with E-state index in [1.165, 1.54) is 0 Å². The van der Waals surface area contributed by atoms with Crippen LogP contribution in [0.1, 0.15) is 0 Å². The molecule has 0 rings (SSSR count). The van der Waals surface area contributed by atoms with E-state index in [-0.39, 0.29) is 0 Å². The second kappa shape index (κ2) is 3.28.